The first-order valence-corrected chi connectivity index (χ1v) is 7.70. The third-order valence-corrected chi connectivity index (χ3v) is 3.46. The molecule has 0 aliphatic heterocycles. The molecule has 0 aromatic heterocycles. The van der Waals surface area contributed by atoms with Gasteiger partial charge >= 0.3 is 0 Å². The molecule has 1 unspecified atom stereocenters. The van der Waals surface area contributed by atoms with E-state index in [-0.39, 0.29) is 6.10 Å². The van der Waals surface area contributed by atoms with Gasteiger partial charge in [-0.3, -0.25) is 0 Å². The molecule has 0 fully saturated rings. The first-order valence-electron chi connectivity index (χ1n) is 7.70. The molecular formula is C19H25NO. The van der Waals surface area contributed by atoms with E-state index in [1.807, 2.05) is 26.0 Å². The molecule has 2 aromatic rings. The second kappa shape index (κ2) is 7.28. The lowest BCUT2D eigenvalue weighted by Gasteiger charge is -2.14. The summed E-state index contributed by atoms with van der Waals surface area (Å²) in [7, 11) is 0. The highest BCUT2D eigenvalue weighted by Crippen LogP contribution is 2.25. The van der Waals surface area contributed by atoms with Gasteiger partial charge in [-0.25, -0.2) is 0 Å². The molecule has 1 atom stereocenters. The second-order valence-electron chi connectivity index (χ2n) is 5.60. The Balaban J connectivity index is 2.18. The maximum Gasteiger partial charge on any atom is 0.120 e. The monoisotopic (exact) mass is 283 g/mol. The zero-order valence-corrected chi connectivity index (χ0v) is 13.4. The minimum absolute atomic E-state index is 0.198. The van der Waals surface area contributed by atoms with E-state index in [9.17, 15) is 0 Å². The van der Waals surface area contributed by atoms with Gasteiger partial charge in [-0.15, -0.1) is 0 Å². The van der Waals surface area contributed by atoms with Gasteiger partial charge in [0, 0.05) is 6.04 Å². The lowest BCUT2D eigenvalue weighted by molar-refractivity contribution is 0.242. The van der Waals surface area contributed by atoms with Crippen LogP contribution in [-0.2, 0) is 0 Å². The molecule has 0 aliphatic rings. The Labute approximate surface area is 128 Å². The fourth-order valence-electron chi connectivity index (χ4n) is 2.41. The van der Waals surface area contributed by atoms with E-state index in [0.29, 0.717) is 6.04 Å². The normalized spacial score (nSPS) is 12.4. The fourth-order valence-corrected chi connectivity index (χ4v) is 2.41. The zero-order chi connectivity index (χ0) is 15.2. The predicted molar refractivity (Wildman–Crippen MR) is 89.7 cm³/mol. The number of hydrogen-bond donors (Lipinski definition) is 1. The van der Waals surface area contributed by atoms with Crippen molar-refractivity contribution in [2.24, 2.45) is 0 Å². The van der Waals surface area contributed by atoms with Crippen molar-refractivity contribution in [3.8, 4) is 16.9 Å². The van der Waals surface area contributed by atoms with Crippen molar-refractivity contribution in [1.82, 2.24) is 5.32 Å². The van der Waals surface area contributed by atoms with Gasteiger partial charge in [0.2, 0.25) is 0 Å². The Kier molecular flexibility index (Phi) is 5.40. The van der Waals surface area contributed by atoms with Crippen LogP contribution in [0.1, 0.15) is 39.3 Å². The van der Waals surface area contributed by atoms with Gasteiger partial charge in [-0.1, -0.05) is 43.3 Å². The summed E-state index contributed by atoms with van der Waals surface area (Å²) in [4.78, 5) is 0. The molecule has 0 saturated carbocycles. The van der Waals surface area contributed by atoms with E-state index in [1.165, 1.54) is 16.7 Å². The topological polar surface area (TPSA) is 21.3 Å². The minimum atomic E-state index is 0.198. The van der Waals surface area contributed by atoms with Gasteiger partial charge < -0.3 is 10.1 Å². The standard InChI is InChI=1S/C19H25NO/c1-5-20-15(4)16-9-11-17(12-10-16)18-7-6-8-19(13-18)21-14(2)3/h6-15,20H,5H2,1-4H3. The molecule has 0 spiro atoms. The quantitative estimate of drug-likeness (QED) is 0.821. The molecule has 0 amide bonds. The molecule has 2 nitrogen and oxygen atoms in total. The average Bonchev–Trinajstić information content (AvgIpc) is 2.47. The summed E-state index contributed by atoms with van der Waals surface area (Å²) < 4.78 is 5.76. The Bertz CT molecular complexity index is 560. The molecule has 2 heteroatoms. The Morgan fingerprint density at radius 3 is 2.29 bits per heavy atom. The van der Waals surface area contributed by atoms with Crippen LogP contribution in [0, 0.1) is 0 Å². The number of benzene rings is 2. The molecule has 2 aromatic carbocycles. The van der Waals surface area contributed by atoms with Crippen LogP contribution in [-0.4, -0.2) is 12.6 Å². The van der Waals surface area contributed by atoms with Crippen LogP contribution in [0.15, 0.2) is 48.5 Å². The van der Waals surface area contributed by atoms with Crippen LogP contribution in [0.3, 0.4) is 0 Å². The maximum atomic E-state index is 5.76. The van der Waals surface area contributed by atoms with Crippen molar-refractivity contribution < 1.29 is 4.74 Å². The smallest absolute Gasteiger partial charge is 0.120 e. The molecule has 0 bridgehead atoms. The van der Waals surface area contributed by atoms with Crippen LogP contribution in [0.2, 0.25) is 0 Å². The van der Waals surface area contributed by atoms with E-state index in [2.05, 4.69) is 55.6 Å². The van der Waals surface area contributed by atoms with Gasteiger partial charge in [0.25, 0.3) is 0 Å². The molecule has 21 heavy (non-hydrogen) atoms. The SMILES string of the molecule is CCNC(C)c1ccc(-c2cccc(OC(C)C)c2)cc1. The summed E-state index contributed by atoms with van der Waals surface area (Å²) in [5.74, 6) is 0.924. The van der Waals surface area contributed by atoms with E-state index >= 15 is 0 Å². The number of hydrogen-bond acceptors (Lipinski definition) is 2. The predicted octanol–water partition coefficient (Wildman–Crippen LogP) is 4.81. The molecule has 0 aliphatic carbocycles. The van der Waals surface area contributed by atoms with Crippen LogP contribution in [0.4, 0.5) is 0 Å². The van der Waals surface area contributed by atoms with E-state index in [4.69, 9.17) is 4.74 Å². The molecule has 0 radical (unpaired) electrons. The fraction of sp³-hybridized carbons (Fsp3) is 0.368. The van der Waals surface area contributed by atoms with E-state index in [0.717, 1.165) is 12.3 Å². The second-order valence-corrected chi connectivity index (χ2v) is 5.60. The lowest BCUT2D eigenvalue weighted by atomic mass is 10.0. The van der Waals surface area contributed by atoms with E-state index < -0.39 is 0 Å². The van der Waals surface area contributed by atoms with Crippen molar-refractivity contribution in [3.05, 3.63) is 54.1 Å². The van der Waals surface area contributed by atoms with Crippen LogP contribution >= 0.6 is 0 Å². The summed E-state index contributed by atoms with van der Waals surface area (Å²) in [6.07, 6.45) is 0.198. The molecular weight excluding hydrogens is 258 g/mol. The molecule has 0 heterocycles. The average molecular weight is 283 g/mol. The zero-order valence-electron chi connectivity index (χ0n) is 13.4. The third-order valence-electron chi connectivity index (χ3n) is 3.46. The van der Waals surface area contributed by atoms with Gasteiger partial charge in [0.05, 0.1) is 6.10 Å². The largest absolute Gasteiger partial charge is 0.491 e. The Hall–Kier alpha value is -1.80. The number of nitrogens with one attached hydrogen (secondary N) is 1. The van der Waals surface area contributed by atoms with Gasteiger partial charge in [-0.2, -0.15) is 0 Å². The van der Waals surface area contributed by atoms with Gasteiger partial charge in [-0.05, 0) is 56.1 Å². The summed E-state index contributed by atoms with van der Waals surface area (Å²) in [6, 6.07) is 17.4. The van der Waals surface area contributed by atoms with Gasteiger partial charge in [0.15, 0.2) is 0 Å². The highest BCUT2D eigenvalue weighted by molar-refractivity contribution is 5.65. The highest BCUT2D eigenvalue weighted by atomic mass is 16.5. The van der Waals surface area contributed by atoms with Crippen LogP contribution in [0.25, 0.3) is 11.1 Å². The van der Waals surface area contributed by atoms with Crippen LogP contribution in [0.5, 0.6) is 5.75 Å². The van der Waals surface area contributed by atoms with Crippen molar-refractivity contribution >= 4 is 0 Å². The number of rotatable bonds is 6. The highest BCUT2D eigenvalue weighted by Gasteiger charge is 2.05. The first kappa shape index (κ1) is 15.6. The summed E-state index contributed by atoms with van der Waals surface area (Å²) >= 11 is 0. The minimum Gasteiger partial charge on any atom is -0.491 e. The Morgan fingerprint density at radius 1 is 0.952 bits per heavy atom. The summed E-state index contributed by atoms with van der Waals surface area (Å²) in [5.41, 5.74) is 3.72. The van der Waals surface area contributed by atoms with Crippen molar-refractivity contribution in [1.29, 1.82) is 0 Å². The van der Waals surface area contributed by atoms with Crippen molar-refractivity contribution in [2.75, 3.05) is 6.54 Å². The Morgan fingerprint density at radius 2 is 1.67 bits per heavy atom. The lowest BCUT2D eigenvalue weighted by Crippen LogP contribution is -2.17. The van der Waals surface area contributed by atoms with Crippen molar-refractivity contribution in [2.45, 2.75) is 39.8 Å². The third kappa shape index (κ3) is 4.33. The molecule has 112 valence electrons. The summed E-state index contributed by atoms with van der Waals surface area (Å²) in [5, 5.41) is 3.43. The van der Waals surface area contributed by atoms with Crippen LogP contribution < -0.4 is 10.1 Å². The summed E-state index contributed by atoms with van der Waals surface area (Å²) in [6.45, 7) is 9.39. The molecule has 2 rings (SSSR count). The maximum absolute atomic E-state index is 5.76. The van der Waals surface area contributed by atoms with E-state index in [1.54, 1.807) is 0 Å². The van der Waals surface area contributed by atoms with Gasteiger partial charge in [0.1, 0.15) is 5.75 Å². The molecule has 1 N–H and O–H groups in total. The molecule has 0 saturated heterocycles. The van der Waals surface area contributed by atoms with Crippen molar-refractivity contribution in [3.63, 3.8) is 0 Å². The first-order chi connectivity index (χ1) is 10.1. The number of ether oxygens (including phenoxy) is 1.